The van der Waals surface area contributed by atoms with E-state index in [2.05, 4.69) is 24.1 Å². The van der Waals surface area contributed by atoms with E-state index >= 15 is 0 Å². The third-order valence-corrected chi connectivity index (χ3v) is 1.33. The van der Waals surface area contributed by atoms with E-state index < -0.39 is 0 Å². The van der Waals surface area contributed by atoms with Crippen molar-refractivity contribution >= 4 is 6.21 Å². The molecule has 1 heterocycles. The molecule has 0 aromatic heterocycles. The molecule has 0 aliphatic carbocycles. The van der Waals surface area contributed by atoms with Crippen LogP contribution < -0.4 is 0 Å². The van der Waals surface area contributed by atoms with Crippen LogP contribution in [0.15, 0.2) is 28.9 Å². The summed E-state index contributed by atoms with van der Waals surface area (Å²) < 4.78 is 0. The number of allylic oxidation sites excluding steroid dienone is 3. The van der Waals surface area contributed by atoms with Gasteiger partial charge in [-0.2, -0.15) is 0 Å². The second-order valence-electron chi connectivity index (χ2n) is 2.03. The molecule has 1 aliphatic heterocycles. The van der Waals surface area contributed by atoms with Crippen LogP contribution in [-0.4, -0.2) is 6.21 Å². The lowest BCUT2D eigenvalue weighted by molar-refractivity contribution is 1.14. The normalized spacial score (nSPS) is 17.2. The van der Waals surface area contributed by atoms with Crippen molar-refractivity contribution in [1.82, 2.24) is 0 Å². The third-order valence-electron chi connectivity index (χ3n) is 1.33. The predicted octanol–water partition coefficient (Wildman–Crippen LogP) is 2.31. The molecule has 0 aromatic carbocycles. The Balaban J connectivity index is 2.67. The summed E-state index contributed by atoms with van der Waals surface area (Å²) in [7, 11) is 0. The third kappa shape index (κ3) is 1.84. The van der Waals surface area contributed by atoms with Crippen LogP contribution in [0.25, 0.3) is 0 Å². The van der Waals surface area contributed by atoms with E-state index in [0.29, 0.717) is 0 Å². The summed E-state index contributed by atoms with van der Waals surface area (Å²) >= 11 is 0. The molecule has 0 bridgehead atoms. The molecule has 0 saturated carbocycles. The van der Waals surface area contributed by atoms with Crippen LogP contribution >= 0.6 is 0 Å². The minimum atomic E-state index is 0.972. The van der Waals surface area contributed by atoms with E-state index in [4.69, 9.17) is 0 Å². The van der Waals surface area contributed by atoms with Crippen molar-refractivity contribution in [2.24, 2.45) is 4.99 Å². The van der Waals surface area contributed by atoms with E-state index in [1.807, 2.05) is 12.4 Å². The monoisotopic (exact) mass is 121 g/mol. The molecule has 0 fully saturated rings. The summed E-state index contributed by atoms with van der Waals surface area (Å²) in [5, 5.41) is 0. The molecule has 1 heteroatoms. The van der Waals surface area contributed by atoms with Crippen LogP contribution in [0, 0.1) is 0 Å². The van der Waals surface area contributed by atoms with Crippen LogP contribution in [0.5, 0.6) is 0 Å². The van der Waals surface area contributed by atoms with Crippen LogP contribution in [0.4, 0.5) is 0 Å². The quantitative estimate of drug-likeness (QED) is 0.504. The Bertz CT molecular complexity index is 163. The first-order valence-electron chi connectivity index (χ1n) is 3.30. The lowest BCUT2D eigenvalue weighted by atomic mass is 10.2. The molecule has 1 rings (SSSR count). The predicted molar refractivity (Wildman–Crippen MR) is 40.6 cm³/mol. The van der Waals surface area contributed by atoms with E-state index in [-0.39, 0.29) is 0 Å². The molecule has 0 unspecified atom stereocenters. The molecule has 0 amide bonds. The Labute approximate surface area is 55.8 Å². The van der Waals surface area contributed by atoms with Crippen LogP contribution in [0.1, 0.15) is 19.8 Å². The van der Waals surface area contributed by atoms with Gasteiger partial charge in [-0.3, -0.25) is 4.99 Å². The molecule has 0 aromatic rings. The zero-order valence-corrected chi connectivity index (χ0v) is 5.67. The molecule has 0 saturated heterocycles. The highest BCUT2D eigenvalue weighted by molar-refractivity contribution is 5.61. The maximum absolute atomic E-state index is 4.07. The highest BCUT2D eigenvalue weighted by Crippen LogP contribution is 2.05. The molecular weight excluding hydrogens is 110 g/mol. The van der Waals surface area contributed by atoms with Crippen LogP contribution in [0.2, 0.25) is 0 Å². The average Bonchev–Trinajstić information content (AvgIpc) is 2.13. The fourth-order valence-corrected chi connectivity index (χ4v) is 0.742. The standard InChI is InChI=1S/C8H11N/c1-2-8-5-3-4-6-9-7-8/h3,5-7H,2,4H2,1H3. The van der Waals surface area contributed by atoms with Gasteiger partial charge in [0.1, 0.15) is 0 Å². The molecule has 0 radical (unpaired) electrons. The minimum absolute atomic E-state index is 0.972. The van der Waals surface area contributed by atoms with Gasteiger partial charge >= 0.3 is 0 Å². The maximum atomic E-state index is 4.07. The molecule has 9 heavy (non-hydrogen) atoms. The van der Waals surface area contributed by atoms with Crippen molar-refractivity contribution in [2.45, 2.75) is 19.8 Å². The Morgan fingerprint density at radius 2 is 2.56 bits per heavy atom. The lowest BCUT2D eigenvalue weighted by Gasteiger charge is -1.88. The highest BCUT2D eigenvalue weighted by atomic mass is 14.7. The fraction of sp³-hybridized carbons (Fsp3) is 0.375. The Hall–Kier alpha value is -0.850. The van der Waals surface area contributed by atoms with Crippen LogP contribution in [-0.2, 0) is 0 Å². The minimum Gasteiger partial charge on any atom is -0.268 e. The molecule has 0 spiro atoms. The van der Waals surface area contributed by atoms with Gasteiger partial charge in [-0.05, 0) is 12.0 Å². The number of hydrogen-bond donors (Lipinski definition) is 0. The summed E-state index contributed by atoms with van der Waals surface area (Å²) in [5.41, 5.74) is 1.31. The van der Waals surface area contributed by atoms with Gasteiger partial charge in [0, 0.05) is 18.8 Å². The first-order chi connectivity index (χ1) is 4.43. The molecule has 1 aliphatic rings. The van der Waals surface area contributed by atoms with Crippen molar-refractivity contribution in [1.29, 1.82) is 0 Å². The smallest absolute Gasteiger partial charge is 0.0295 e. The number of aliphatic imine (C=N–C) groups is 1. The zero-order valence-electron chi connectivity index (χ0n) is 5.67. The Morgan fingerprint density at radius 3 is 3.33 bits per heavy atom. The van der Waals surface area contributed by atoms with Gasteiger partial charge in [-0.25, -0.2) is 0 Å². The van der Waals surface area contributed by atoms with Crippen molar-refractivity contribution in [3.8, 4) is 0 Å². The van der Waals surface area contributed by atoms with Gasteiger partial charge in [-0.1, -0.05) is 19.1 Å². The van der Waals surface area contributed by atoms with Crippen LogP contribution in [0.3, 0.4) is 0 Å². The number of nitrogens with zero attached hydrogens (tertiary/aromatic N) is 1. The molecule has 1 nitrogen and oxygen atoms in total. The van der Waals surface area contributed by atoms with Crippen molar-refractivity contribution in [3.05, 3.63) is 23.9 Å². The van der Waals surface area contributed by atoms with Gasteiger partial charge in [0.15, 0.2) is 0 Å². The van der Waals surface area contributed by atoms with E-state index in [1.165, 1.54) is 5.57 Å². The fourth-order valence-electron chi connectivity index (χ4n) is 0.742. The summed E-state index contributed by atoms with van der Waals surface area (Å²) in [5.74, 6) is 0. The van der Waals surface area contributed by atoms with E-state index in [1.54, 1.807) is 0 Å². The van der Waals surface area contributed by atoms with Gasteiger partial charge in [0.2, 0.25) is 0 Å². The number of hydrogen-bond acceptors (Lipinski definition) is 1. The second-order valence-corrected chi connectivity index (χ2v) is 2.03. The maximum Gasteiger partial charge on any atom is 0.0295 e. The first-order valence-corrected chi connectivity index (χ1v) is 3.30. The Morgan fingerprint density at radius 1 is 1.67 bits per heavy atom. The average molecular weight is 121 g/mol. The van der Waals surface area contributed by atoms with Crippen molar-refractivity contribution in [2.75, 3.05) is 0 Å². The van der Waals surface area contributed by atoms with Crippen molar-refractivity contribution < 1.29 is 0 Å². The summed E-state index contributed by atoms with van der Waals surface area (Å²) in [6.07, 6.45) is 10.1. The van der Waals surface area contributed by atoms with Gasteiger partial charge in [0.05, 0.1) is 0 Å². The van der Waals surface area contributed by atoms with Gasteiger partial charge in [0.25, 0.3) is 0 Å². The van der Waals surface area contributed by atoms with E-state index in [0.717, 1.165) is 12.8 Å². The SMILES string of the molecule is CCC1=CN=CCC=C1. The molecule has 48 valence electrons. The molecule has 0 atom stereocenters. The Kier molecular flexibility index (Phi) is 2.25. The second kappa shape index (κ2) is 3.23. The first kappa shape index (κ1) is 6.27. The summed E-state index contributed by atoms with van der Waals surface area (Å²) in [4.78, 5) is 4.07. The largest absolute Gasteiger partial charge is 0.268 e. The lowest BCUT2D eigenvalue weighted by Crippen LogP contribution is -1.69. The zero-order chi connectivity index (χ0) is 6.53. The van der Waals surface area contributed by atoms with E-state index in [9.17, 15) is 0 Å². The molecule has 0 N–H and O–H groups in total. The summed E-state index contributed by atoms with van der Waals surface area (Å²) in [6, 6.07) is 0. The molecular formula is C8H11N. The highest BCUT2D eigenvalue weighted by Gasteiger charge is 1.87. The van der Waals surface area contributed by atoms with Gasteiger partial charge < -0.3 is 0 Å². The topological polar surface area (TPSA) is 12.4 Å². The van der Waals surface area contributed by atoms with Crippen molar-refractivity contribution in [3.63, 3.8) is 0 Å². The van der Waals surface area contributed by atoms with Gasteiger partial charge in [-0.15, -0.1) is 0 Å². The number of rotatable bonds is 1. The summed E-state index contributed by atoms with van der Waals surface area (Å²) in [6.45, 7) is 2.14.